The zero-order valence-corrected chi connectivity index (χ0v) is 16.9. The van der Waals surface area contributed by atoms with Gasteiger partial charge in [-0.15, -0.1) is 0 Å². The molecule has 0 aliphatic carbocycles. The third-order valence-corrected chi connectivity index (χ3v) is 5.33. The molecule has 166 valence electrons. The molecule has 7 nitrogen and oxygen atoms in total. The van der Waals surface area contributed by atoms with Crippen molar-refractivity contribution >= 4 is 17.8 Å². The molecule has 2 N–H and O–H groups in total. The molecule has 2 fully saturated rings. The summed E-state index contributed by atoms with van der Waals surface area (Å²) < 4.78 is 31.7. The molecule has 0 bridgehead atoms. The minimum Gasteiger partial charge on any atom is -0.475 e. The Kier molecular flexibility index (Phi) is 7.83. The zero-order chi connectivity index (χ0) is 22.5. The lowest BCUT2D eigenvalue weighted by atomic mass is 9.89. The van der Waals surface area contributed by atoms with E-state index in [0.717, 1.165) is 43.7 Å². The number of aryl methyl sites for hydroxylation is 1. The predicted molar refractivity (Wildman–Crippen MR) is 103 cm³/mol. The summed E-state index contributed by atoms with van der Waals surface area (Å²) in [5.74, 6) is -1.49. The lowest BCUT2D eigenvalue weighted by Gasteiger charge is -2.33. The van der Waals surface area contributed by atoms with Crippen LogP contribution in [0.2, 0.25) is 0 Å². The van der Waals surface area contributed by atoms with Gasteiger partial charge in [-0.25, -0.2) is 4.79 Å². The average Bonchev–Trinajstić information content (AvgIpc) is 3.10. The first kappa shape index (κ1) is 23.7. The number of hydrogen-bond acceptors (Lipinski definition) is 4. The number of alkyl halides is 3. The minimum atomic E-state index is -5.08. The molecule has 0 unspecified atom stereocenters. The highest BCUT2D eigenvalue weighted by molar-refractivity contribution is 5.94. The summed E-state index contributed by atoms with van der Waals surface area (Å²) in [7, 11) is 1.67. The maximum atomic E-state index is 12.7. The number of amides is 2. The van der Waals surface area contributed by atoms with Gasteiger partial charge in [0.1, 0.15) is 0 Å². The van der Waals surface area contributed by atoms with E-state index in [0.29, 0.717) is 18.4 Å². The molecule has 0 radical (unpaired) electrons. The Hall–Kier alpha value is -2.62. The monoisotopic (exact) mass is 429 g/mol. The van der Waals surface area contributed by atoms with Crippen molar-refractivity contribution in [3.05, 3.63) is 35.4 Å². The van der Waals surface area contributed by atoms with Crippen molar-refractivity contribution < 1.29 is 32.7 Å². The van der Waals surface area contributed by atoms with Crippen LogP contribution in [0.1, 0.15) is 22.3 Å². The van der Waals surface area contributed by atoms with Gasteiger partial charge in [0, 0.05) is 32.2 Å². The van der Waals surface area contributed by atoms with E-state index in [4.69, 9.17) is 9.90 Å². The number of likely N-dealkylation sites (N-methyl/N-ethyl adjacent to an activating group) is 1. The molecule has 2 amide bonds. The Morgan fingerprint density at radius 2 is 1.80 bits per heavy atom. The number of carboxylic acids is 1. The van der Waals surface area contributed by atoms with E-state index in [2.05, 4.69) is 10.2 Å². The topological polar surface area (TPSA) is 90.0 Å². The number of carboxylic acid groups (broad SMARTS) is 1. The number of nitrogens with zero attached hydrogens (tertiary/aromatic N) is 2. The number of halogens is 3. The number of likely N-dealkylation sites (tertiary alicyclic amines) is 2. The second-order valence-electron chi connectivity index (χ2n) is 7.60. The number of hydrogen-bond donors (Lipinski definition) is 2. The predicted octanol–water partition coefficient (Wildman–Crippen LogP) is 1.77. The molecule has 0 saturated carbocycles. The molecule has 30 heavy (non-hydrogen) atoms. The number of benzene rings is 1. The third kappa shape index (κ3) is 6.45. The van der Waals surface area contributed by atoms with Gasteiger partial charge in [0.15, 0.2) is 0 Å². The normalized spacial score (nSPS) is 21.3. The second-order valence-corrected chi connectivity index (χ2v) is 7.60. The number of fused-ring (bicyclic) bond motifs is 1. The summed E-state index contributed by atoms with van der Waals surface area (Å²) in [5, 5.41) is 9.81. The number of nitrogens with one attached hydrogen (secondary N) is 1. The highest BCUT2D eigenvalue weighted by Gasteiger charge is 2.39. The van der Waals surface area contributed by atoms with Gasteiger partial charge in [-0.05, 0) is 43.9 Å². The van der Waals surface area contributed by atoms with Crippen LogP contribution >= 0.6 is 0 Å². The van der Waals surface area contributed by atoms with Crippen molar-refractivity contribution in [2.75, 3.05) is 39.8 Å². The molecular weight excluding hydrogens is 403 g/mol. The van der Waals surface area contributed by atoms with Gasteiger partial charge in [0.2, 0.25) is 5.91 Å². The van der Waals surface area contributed by atoms with E-state index in [1.165, 1.54) is 0 Å². The number of aliphatic carboxylic acids is 1. The fraction of sp³-hybridized carbons (Fsp3) is 0.550. The Morgan fingerprint density at radius 3 is 2.37 bits per heavy atom. The molecule has 1 aromatic carbocycles. The first-order valence-corrected chi connectivity index (χ1v) is 9.60. The number of piperidine rings is 1. The Labute approximate surface area is 172 Å². The van der Waals surface area contributed by atoms with E-state index >= 15 is 0 Å². The molecule has 3 rings (SSSR count). The van der Waals surface area contributed by atoms with Crippen LogP contribution in [0.4, 0.5) is 13.2 Å². The van der Waals surface area contributed by atoms with Crippen LogP contribution in [-0.2, 0) is 9.59 Å². The van der Waals surface area contributed by atoms with Crippen LogP contribution in [0.25, 0.3) is 0 Å². The summed E-state index contributed by atoms with van der Waals surface area (Å²) in [6, 6.07) is 7.81. The molecule has 2 aliphatic rings. The van der Waals surface area contributed by atoms with E-state index in [1.807, 2.05) is 36.1 Å². The van der Waals surface area contributed by atoms with E-state index in [-0.39, 0.29) is 11.8 Å². The van der Waals surface area contributed by atoms with E-state index in [9.17, 15) is 22.8 Å². The van der Waals surface area contributed by atoms with Gasteiger partial charge in [-0.1, -0.05) is 17.7 Å². The number of carbonyl (C=O) groups is 3. The van der Waals surface area contributed by atoms with Crippen LogP contribution in [0.3, 0.4) is 0 Å². The minimum absolute atomic E-state index is 0.0640. The van der Waals surface area contributed by atoms with Gasteiger partial charge < -0.3 is 15.3 Å². The summed E-state index contributed by atoms with van der Waals surface area (Å²) in [6.45, 7) is 5.99. The number of rotatable bonds is 3. The first-order chi connectivity index (χ1) is 14.0. The van der Waals surface area contributed by atoms with Gasteiger partial charge in [0.25, 0.3) is 5.91 Å². The molecular formula is C20H26F3N3O4. The molecule has 2 heterocycles. The van der Waals surface area contributed by atoms with Gasteiger partial charge >= 0.3 is 12.1 Å². The van der Waals surface area contributed by atoms with Gasteiger partial charge in [0.05, 0.1) is 6.54 Å². The third-order valence-electron chi connectivity index (χ3n) is 5.33. The average molecular weight is 429 g/mol. The van der Waals surface area contributed by atoms with Crippen LogP contribution in [0.15, 0.2) is 24.3 Å². The summed E-state index contributed by atoms with van der Waals surface area (Å²) >= 11 is 0. The molecule has 2 atom stereocenters. The quantitative estimate of drug-likeness (QED) is 0.765. The molecule has 0 spiro atoms. The lowest BCUT2D eigenvalue weighted by Crippen LogP contribution is -2.44. The van der Waals surface area contributed by atoms with Crippen molar-refractivity contribution in [3.8, 4) is 0 Å². The molecule has 10 heteroatoms. The maximum absolute atomic E-state index is 12.7. The van der Waals surface area contributed by atoms with Gasteiger partial charge in [-0.3, -0.25) is 14.5 Å². The Bertz CT molecular complexity index is 785. The molecule has 2 saturated heterocycles. The maximum Gasteiger partial charge on any atom is 0.490 e. The summed E-state index contributed by atoms with van der Waals surface area (Å²) in [5.41, 5.74) is 1.90. The van der Waals surface area contributed by atoms with Crippen LogP contribution in [0, 0.1) is 18.8 Å². The second kappa shape index (κ2) is 9.92. The number of carbonyl (C=O) groups excluding carboxylic acids is 2. The largest absolute Gasteiger partial charge is 0.490 e. The van der Waals surface area contributed by atoms with Crippen LogP contribution < -0.4 is 5.32 Å². The molecule has 2 aliphatic heterocycles. The zero-order valence-electron chi connectivity index (χ0n) is 16.9. The van der Waals surface area contributed by atoms with Gasteiger partial charge in [-0.2, -0.15) is 13.2 Å². The Morgan fingerprint density at radius 1 is 1.17 bits per heavy atom. The standard InChI is InChI=1S/C18H25N3O2.C2HF3O2/c1-13-4-3-5-14(8-13)18(23)21-10-15-6-7-20(9-16(15)11-21)12-17(22)19-2;3-2(4,5)1(6)7/h3-5,8,15-16H,6-7,9-12H2,1-2H3,(H,19,22);(H,6,7)/t15-,16+;/m0./s1. The molecule has 1 aromatic rings. The fourth-order valence-corrected chi connectivity index (χ4v) is 3.80. The van der Waals surface area contributed by atoms with E-state index in [1.54, 1.807) is 7.05 Å². The molecule has 0 aromatic heterocycles. The highest BCUT2D eigenvalue weighted by Crippen LogP contribution is 2.31. The van der Waals surface area contributed by atoms with Crippen LogP contribution in [0.5, 0.6) is 0 Å². The Balaban J connectivity index is 0.000000396. The summed E-state index contributed by atoms with van der Waals surface area (Å²) in [6.07, 6.45) is -4.01. The fourth-order valence-electron chi connectivity index (χ4n) is 3.80. The first-order valence-electron chi connectivity index (χ1n) is 9.60. The van der Waals surface area contributed by atoms with Crippen molar-refractivity contribution in [1.82, 2.24) is 15.1 Å². The van der Waals surface area contributed by atoms with E-state index < -0.39 is 12.1 Å². The van der Waals surface area contributed by atoms with Crippen molar-refractivity contribution in [2.24, 2.45) is 11.8 Å². The van der Waals surface area contributed by atoms with Crippen molar-refractivity contribution in [1.29, 1.82) is 0 Å². The van der Waals surface area contributed by atoms with Crippen molar-refractivity contribution in [2.45, 2.75) is 19.5 Å². The smallest absolute Gasteiger partial charge is 0.475 e. The SMILES string of the molecule is CNC(=O)CN1CC[C@H]2CN(C(=O)c3cccc(C)c3)C[C@H]2C1.O=C(O)C(F)(F)F. The van der Waals surface area contributed by atoms with Crippen molar-refractivity contribution in [3.63, 3.8) is 0 Å². The highest BCUT2D eigenvalue weighted by atomic mass is 19.4. The summed E-state index contributed by atoms with van der Waals surface area (Å²) in [4.78, 5) is 37.3. The van der Waals surface area contributed by atoms with Crippen LogP contribution in [-0.4, -0.2) is 78.6 Å². The lowest BCUT2D eigenvalue weighted by molar-refractivity contribution is -0.192.